The molecule has 5 nitrogen and oxygen atoms in total. The van der Waals surface area contributed by atoms with Crippen molar-refractivity contribution in [2.45, 2.75) is 5.92 Å². The summed E-state index contributed by atoms with van der Waals surface area (Å²) in [6.07, 6.45) is 0. The second-order valence-electron chi connectivity index (χ2n) is 3.88. The van der Waals surface area contributed by atoms with Crippen LogP contribution in [0.1, 0.15) is 10.4 Å². The van der Waals surface area contributed by atoms with Crippen LogP contribution in [0.2, 0.25) is 0 Å². The number of hydrogen-bond donors (Lipinski definition) is 2. The van der Waals surface area contributed by atoms with Gasteiger partial charge in [0.1, 0.15) is 12.4 Å². The zero-order valence-corrected chi connectivity index (χ0v) is 10.7. The van der Waals surface area contributed by atoms with Gasteiger partial charge in [-0.25, -0.2) is 21.9 Å². The van der Waals surface area contributed by atoms with Gasteiger partial charge in [-0.15, -0.1) is 0 Å². The summed E-state index contributed by atoms with van der Waals surface area (Å²) in [6, 6.07) is 7.64. The van der Waals surface area contributed by atoms with E-state index < -0.39 is 40.6 Å². The molecular formula is C11H13F2NO4S. The summed E-state index contributed by atoms with van der Waals surface area (Å²) < 4.78 is 49.8. The number of aliphatic hydroxyl groups is 1. The number of Topliss-reactive ketones (excluding diaryl/α,β-unsaturated/α-hetero) is 1. The second-order valence-corrected chi connectivity index (χ2v) is 5.69. The maximum atomic E-state index is 12.7. The van der Waals surface area contributed by atoms with Gasteiger partial charge in [0.25, 0.3) is 5.92 Å². The molecule has 0 aliphatic rings. The van der Waals surface area contributed by atoms with Gasteiger partial charge in [0.2, 0.25) is 10.0 Å². The van der Waals surface area contributed by atoms with Crippen LogP contribution in [0, 0.1) is 0 Å². The van der Waals surface area contributed by atoms with Gasteiger partial charge in [-0.3, -0.25) is 4.79 Å². The predicted molar refractivity (Wildman–Crippen MR) is 64.6 cm³/mol. The smallest absolute Gasteiger partial charge is 0.283 e. The van der Waals surface area contributed by atoms with Crippen molar-refractivity contribution in [3.8, 4) is 0 Å². The van der Waals surface area contributed by atoms with Crippen LogP contribution in [0.5, 0.6) is 0 Å². The minimum atomic E-state index is -4.16. The molecule has 0 aliphatic heterocycles. The number of ketones is 1. The quantitative estimate of drug-likeness (QED) is 0.714. The molecule has 0 saturated heterocycles. The normalized spacial score (nSPS) is 12.4. The first-order chi connectivity index (χ1) is 8.76. The molecule has 1 rings (SSSR count). The number of sulfonamides is 1. The fourth-order valence-corrected chi connectivity index (χ4v) is 2.25. The first-order valence-corrected chi connectivity index (χ1v) is 6.95. The summed E-state index contributed by atoms with van der Waals surface area (Å²) in [4.78, 5) is 11.6. The Labute approximate surface area is 109 Å². The van der Waals surface area contributed by atoms with Crippen molar-refractivity contribution in [1.82, 2.24) is 4.72 Å². The lowest BCUT2D eigenvalue weighted by atomic mass is 10.2. The molecule has 0 saturated carbocycles. The van der Waals surface area contributed by atoms with E-state index in [0.29, 0.717) is 0 Å². The Morgan fingerprint density at radius 3 is 2.37 bits per heavy atom. The number of alkyl halides is 2. The predicted octanol–water partition coefficient (Wildman–Crippen LogP) is 0.416. The molecule has 0 aliphatic carbocycles. The monoisotopic (exact) mass is 293 g/mol. The lowest BCUT2D eigenvalue weighted by molar-refractivity contribution is -0.0437. The maximum Gasteiger partial charge on any atom is 0.283 e. The Kier molecular flexibility index (Phi) is 5.10. The molecule has 19 heavy (non-hydrogen) atoms. The number of hydrogen-bond acceptors (Lipinski definition) is 4. The van der Waals surface area contributed by atoms with Crippen LogP contribution in [-0.4, -0.2) is 44.1 Å². The topological polar surface area (TPSA) is 83.5 Å². The molecule has 2 N–H and O–H groups in total. The molecule has 0 spiro atoms. The van der Waals surface area contributed by atoms with Crippen molar-refractivity contribution in [1.29, 1.82) is 0 Å². The number of halogens is 2. The average Bonchev–Trinajstić information content (AvgIpc) is 2.37. The molecule has 0 heterocycles. The van der Waals surface area contributed by atoms with E-state index in [1.54, 1.807) is 22.9 Å². The minimum Gasteiger partial charge on any atom is -0.390 e. The van der Waals surface area contributed by atoms with Crippen molar-refractivity contribution in [2.75, 3.05) is 18.9 Å². The lowest BCUT2D eigenvalue weighted by Crippen LogP contribution is -2.41. The zero-order chi connectivity index (χ0) is 14.5. The van der Waals surface area contributed by atoms with Crippen LogP contribution in [0.15, 0.2) is 30.3 Å². The van der Waals surface area contributed by atoms with Crippen LogP contribution in [0.25, 0.3) is 0 Å². The molecule has 1 aromatic carbocycles. The van der Waals surface area contributed by atoms with Gasteiger partial charge in [0.05, 0.1) is 6.54 Å². The SMILES string of the molecule is O=C(CS(=O)(=O)NCC(F)(F)CO)c1ccccc1. The summed E-state index contributed by atoms with van der Waals surface area (Å²) in [5, 5.41) is 8.30. The van der Waals surface area contributed by atoms with Crippen molar-refractivity contribution in [3.05, 3.63) is 35.9 Å². The molecule has 106 valence electrons. The van der Waals surface area contributed by atoms with Gasteiger partial charge < -0.3 is 5.11 Å². The van der Waals surface area contributed by atoms with Gasteiger partial charge in [0, 0.05) is 5.56 Å². The number of nitrogens with one attached hydrogen (secondary N) is 1. The third kappa shape index (κ3) is 5.41. The fraction of sp³-hybridized carbons (Fsp3) is 0.364. The number of carbonyl (C=O) groups excluding carboxylic acids is 1. The first-order valence-electron chi connectivity index (χ1n) is 5.30. The summed E-state index contributed by atoms with van der Waals surface area (Å²) >= 11 is 0. The molecule has 0 amide bonds. The lowest BCUT2D eigenvalue weighted by Gasteiger charge is -2.13. The average molecular weight is 293 g/mol. The number of benzene rings is 1. The standard InChI is InChI=1S/C11H13F2NO4S/c12-11(13,8-15)7-14-19(17,18)6-10(16)9-4-2-1-3-5-9/h1-5,14-15H,6-8H2. The molecule has 8 heteroatoms. The van der Waals surface area contributed by atoms with Crippen molar-refractivity contribution in [3.63, 3.8) is 0 Å². The maximum absolute atomic E-state index is 12.7. The third-order valence-corrected chi connectivity index (χ3v) is 3.43. The van der Waals surface area contributed by atoms with Crippen molar-refractivity contribution in [2.24, 2.45) is 0 Å². The van der Waals surface area contributed by atoms with Crippen LogP contribution in [-0.2, 0) is 10.0 Å². The summed E-state index contributed by atoms with van der Waals surface area (Å²) in [5.41, 5.74) is 0.182. The molecular weight excluding hydrogens is 280 g/mol. The van der Waals surface area contributed by atoms with E-state index in [1.165, 1.54) is 12.1 Å². The number of aliphatic hydroxyl groups excluding tert-OH is 1. The Morgan fingerprint density at radius 2 is 1.84 bits per heavy atom. The minimum absolute atomic E-state index is 0.182. The van der Waals surface area contributed by atoms with Gasteiger partial charge in [-0.2, -0.15) is 0 Å². The van der Waals surface area contributed by atoms with Gasteiger partial charge in [-0.1, -0.05) is 30.3 Å². The van der Waals surface area contributed by atoms with E-state index in [9.17, 15) is 22.0 Å². The zero-order valence-electron chi connectivity index (χ0n) is 9.84. The highest BCUT2D eigenvalue weighted by Crippen LogP contribution is 2.10. The van der Waals surface area contributed by atoms with E-state index in [1.807, 2.05) is 0 Å². The molecule has 1 aromatic rings. The Hall–Kier alpha value is -1.38. The molecule has 0 radical (unpaired) electrons. The first kappa shape index (κ1) is 15.7. The van der Waals surface area contributed by atoms with E-state index in [-0.39, 0.29) is 5.56 Å². The summed E-state index contributed by atoms with van der Waals surface area (Å²) in [6.45, 7) is -2.71. The Morgan fingerprint density at radius 1 is 1.26 bits per heavy atom. The molecule has 0 fully saturated rings. The molecule has 0 unspecified atom stereocenters. The third-order valence-electron chi connectivity index (χ3n) is 2.20. The molecule has 0 bridgehead atoms. The van der Waals surface area contributed by atoms with Gasteiger partial charge >= 0.3 is 0 Å². The summed E-state index contributed by atoms with van der Waals surface area (Å²) in [7, 11) is -4.16. The van der Waals surface area contributed by atoms with Crippen LogP contribution in [0.3, 0.4) is 0 Å². The Balaban J connectivity index is 2.63. The van der Waals surface area contributed by atoms with E-state index in [4.69, 9.17) is 5.11 Å². The van der Waals surface area contributed by atoms with E-state index in [2.05, 4.69) is 0 Å². The highest BCUT2D eigenvalue weighted by Gasteiger charge is 2.30. The largest absolute Gasteiger partial charge is 0.390 e. The summed E-state index contributed by atoms with van der Waals surface area (Å²) in [5.74, 6) is -5.16. The van der Waals surface area contributed by atoms with E-state index >= 15 is 0 Å². The second kappa shape index (κ2) is 6.18. The van der Waals surface area contributed by atoms with Crippen LogP contribution >= 0.6 is 0 Å². The number of carbonyl (C=O) groups is 1. The van der Waals surface area contributed by atoms with Crippen LogP contribution < -0.4 is 4.72 Å². The molecule has 0 aromatic heterocycles. The van der Waals surface area contributed by atoms with Gasteiger partial charge in [0.15, 0.2) is 5.78 Å². The van der Waals surface area contributed by atoms with E-state index in [0.717, 1.165) is 0 Å². The van der Waals surface area contributed by atoms with Crippen molar-refractivity contribution < 1.29 is 27.1 Å². The van der Waals surface area contributed by atoms with Crippen molar-refractivity contribution >= 4 is 15.8 Å². The Bertz CT molecular complexity index is 531. The highest BCUT2D eigenvalue weighted by molar-refractivity contribution is 7.90. The van der Waals surface area contributed by atoms with Crippen LogP contribution in [0.4, 0.5) is 8.78 Å². The fourth-order valence-electron chi connectivity index (χ4n) is 1.20. The number of rotatable bonds is 7. The molecule has 0 atom stereocenters. The van der Waals surface area contributed by atoms with Gasteiger partial charge in [-0.05, 0) is 0 Å². The highest BCUT2D eigenvalue weighted by atomic mass is 32.2.